The lowest BCUT2D eigenvalue weighted by atomic mass is 10.2. The number of carbonyl (C=O) groups is 1. The second-order valence-electron chi connectivity index (χ2n) is 4.84. The average molecular weight is 282 g/mol. The molecule has 2 heterocycles. The SMILES string of the molecule is CCN(CC)C1CCN(c2cc(N)c(C(N)=O)s2)C1. The molecule has 1 amide bonds. The van der Waals surface area contributed by atoms with E-state index in [1.54, 1.807) is 0 Å². The number of carbonyl (C=O) groups excluding carboxylic acids is 1. The van der Waals surface area contributed by atoms with Crippen molar-refractivity contribution >= 4 is 27.9 Å². The van der Waals surface area contributed by atoms with Gasteiger partial charge < -0.3 is 16.4 Å². The smallest absolute Gasteiger partial charge is 0.260 e. The van der Waals surface area contributed by atoms with Crippen LogP contribution in [0.3, 0.4) is 0 Å². The molecule has 0 saturated carbocycles. The van der Waals surface area contributed by atoms with E-state index in [0.29, 0.717) is 16.6 Å². The molecule has 1 saturated heterocycles. The Balaban J connectivity index is 2.08. The van der Waals surface area contributed by atoms with Gasteiger partial charge in [-0.1, -0.05) is 13.8 Å². The van der Waals surface area contributed by atoms with Gasteiger partial charge in [-0.15, -0.1) is 11.3 Å². The van der Waals surface area contributed by atoms with Crippen LogP contribution in [0.2, 0.25) is 0 Å². The molecule has 19 heavy (non-hydrogen) atoms. The number of hydrogen-bond acceptors (Lipinski definition) is 5. The minimum atomic E-state index is -0.437. The molecule has 0 aliphatic carbocycles. The lowest BCUT2D eigenvalue weighted by Gasteiger charge is -2.26. The fourth-order valence-electron chi connectivity index (χ4n) is 2.72. The highest BCUT2D eigenvalue weighted by Gasteiger charge is 2.28. The van der Waals surface area contributed by atoms with Crippen molar-refractivity contribution in [1.82, 2.24) is 4.90 Å². The molecule has 106 valence electrons. The topological polar surface area (TPSA) is 75.6 Å². The van der Waals surface area contributed by atoms with Crippen molar-refractivity contribution in [3.8, 4) is 0 Å². The van der Waals surface area contributed by atoms with Gasteiger partial charge in [-0.3, -0.25) is 9.69 Å². The second-order valence-corrected chi connectivity index (χ2v) is 5.87. The van der Waals surface area contributed by atoms with E-state index in [1.807, 2.05) is 6.07 Å². The van der Waals surface area contributed by atoms with Crippen molar-refractivity contribution in [1.29, 1.82) is 0 Å². The highest BCUT2D eigenvalue weighted by atomic mass is 32.1. The quantitative estimate of drug-likeness (QED) is 0.855. The van der Waals surface area contributed by atoms with Crippen molar-refractivity contribution in [2.45, 2.75) is 26.3 Å². The lowest BCUT2D eigenvalue weighted by molar-refractivity contribution is 0.100. The van der Waals surface area contributed by atoms with Gasteiger partial charge in [0.2, 0.25) is 0 Å². The molecule has 2 rings (SSSR count). The zero-order valence-corrected chi connectivity index (χ0v) is 12.4. The zero-order valence-electron chi connectivity index (χ0n) is 11.6. The second kappa shape index (κ2) is 5.79. The zero-order chi connectivity index (χ0) is 14.0. The van der Waals surface area contributed by atoms with Crippen molar-refractivity contribution < 1.29 is 4.79 Å². The number of amides is 1. The summed E-state index contributed by atoms with van der Waals surface area (Å²) in [5.74, 6) is -0.437. The maximum absolute atomic E-state index is 11.2. The van der Waals surface area contributed by atoms with Crippen LogP contribution >= 0.6 is 11.3 Å². The number of primary amides is 1. The number of rotatable bonds is 5. The van der Waals surface area contributed by atoms with E-state index >= 15 is 0 Å². The molecule has 5 nitrogen and oxygen atoms in total. The van der Waals surface area contributed by atoms with Gasteiger partial charge in [-0.25, -0.2) is 0 Å². The fourth-order valence-corrected chi connectivity index (χ4v) is 3.69. The summed E-state index contributed by atoms with van der Waals surface area (Å²) in [7, 11) is 0. The number of nitrogen functional groups attached to an aromatic ring is 1. The first-order chi connectivity index (χ1) is 9.06. The Morgan fingerprint density at radius 2 is 2.21 bits per heavy atom. The lowest BCUT2D eigenvalue weighted by Crippen LogP contribution is -2.37. The number of likely N-dealkylation sites (N-methyl/N-ethyl adjacent to an activating group) is 1. The van der Waals surface area contributed by atoms with Gasteiger partial charge in [0.15, 0.2) is 0 Å². The van der Waals surface area contributed by atoms with Gasteiger partial charge in [0.25, 0.3) is 5.91 Å². The summed E-state index contributed by atoms with van der Waals surface area (Å²) in [6.07, 6.45) is 1.16. The summed E-state index contributed by atoms with van der Waals surface area (Å²) in [6.45, 7) is 8.56. The summed E-state index contributed by atoms with van der Waals surface area (Å²) < 4.78 is 0. The highest BCUT2D eigenvalue weighted by Crippen LogP contribution is 2.34. The number of thiophene rings is 1. The van der Waals surface area contributed by atoms with Crippen LogP contribution in [0.4, 0.5) is 10.7 Å². The monoisotopic (exact) mass is 282 g/mol. The Kier molecular flexibility index (Phi) is 4.31. The predicted octanol–water partition coefficient (Wildman–Crippen LogP) is 1.35. The molecule has 1 aliphatic rings. The minimum absolute atomic E-state index is 0.437. The molecular weight excluding hydrogens is 260 g/mol. The number of nitrogens with two attached hydrogens (primary N) is 2. The van der Waals surface area contributed by atoms with E-state index in [9.17, 15) is 4.79 Å². The summed E-state index contributed by atoms with van der Waals surface area (Å²) in [4.78, 5) is 16.5. The van der Waals surface area contributed by atoms with E-state index in [1.165, 1.54) is 11.3 Å². The first kappa shape index (κ1) is 14.1. The third-order valence-corrected chi connectivity index (χ3v) is 5.00. The van der Waals surface area contributed by atoms with Gasteiger partial charge in [0, 0.05) is 19.1 Å². The highest BCUT2D eigenvalue weighted by molar-refractivity contribution is 7.18. The summed E-state index contributed by atoms with van der Waals surface area (Å²) >= 11 is 1.40. The Morgan fingerprint density at radius 3 is 2.74 bits per heavy atom. The van der Waals surface area contributed by atoms with E-state index in [2.05, 4.69) is 23.6 Å². The molecular formula is C13H22N4OS. The Bertz CT molecular complexity index is 455. The van der Waals surface area contributed by atoms with Crippen molar-refractivity contribution in [3.63, 3.8) is 0 Å². The van der Waals surface area contributed by atoms with E-state index in [4.69, 9.17) is 11.5 Å². The van der Waals surface area contributed by atoms with Crippen LogP contribution in [0.5, 0.6) is 0 Å². The molecule has 1 unspecified atom stereocenters. The molecule has 0 aromatic carbocycles. The van der Waals surface area contributed by atoms with Crippen molar-refractivity contribution in [2.24, 2.45) is 5.73 Å². The van der Waals surface area contributed by atoms with Crippen LogP contribution in [-0.2, 0) is 0 Å². The van der Waals surface area contributed by atoms with Crippen LogP contribution in [0, 0.1) is 0 Å². The molecule has 1 aromatic heterocycles. The molecule has 0 radical (unpaired) electrons. The van der Waals surface area contributed by atoms with Crippen LogP contribution in [-0.4, -0.2) is 43.0 Å². The van der Waals surface area contributed by atoms with Gasteiger partial charge in [-0.05, 0) is 25.6 Å². The fraction of sp³-hybridized carbons (Fsp3) is 0.615. The Labute approximate surface area is 118 Å². The number of nitrogens with zero attached hydrogens (tertiary/aromatic N) is 2. The van der Waals surface area contributed by atoms with Crippen molar-refractivity contribution in [3.05, 3.63) is 10.9 Å². The maximum Gasteiger partial charge on any atom is 0.260 e. The Morgan fingerprint density at radius 1 is 1.53 bits per heavy atom. The summed E-state index contributed by atoms with van der Waals surface area (Å²) in [6, 6.07) is 2.46. The Hall–Kier alpha value is -1.27. The largest absolute Gasteiger partial charge is 0.397 e. The van der Waals surface area contributed by atoms with Crippen LogP contribution in [0.1, 0.15) is 29.9 Å². The van der Waals surface area contributed by atoms with Gasteiger partial charge >= 0.3 is 0 Å². The van der Waals surface area contributed by atoms with E-state index in [-0.39, 0.29) is 0 Å². The molecule has 0 bridgehead atoms. The average Bonchev–Trinajstić information content (AvgIpc) is 2.97. The standard InChI is InChI=1S/C13H22N4OS/c1-3-16(4-2)9-5-6-17(8-9)11-7-10(14)12(19-11)13(15)18/h7,9H,3-6,8,14H2,1-2H3,(H2,15,18). The van der Waals surface area contributed by atoms with Crippen LogP contribution in [0.15, 0.2) is 6.07 Å². The number of hydrogen-bond donors (Lipinski definition) is 2. The number of anilines is 2. The minimum Gasteiger partial charge on any atom is -0.397 e. The van der Waals surface area contributed by atoms with Crippen LogP contribution in [0.25, 0.3) is 0 Å². The predicted molar refractivity (Wildman–Crippen MR) is 80.8 cm³/mol. The molecule has 1 fully saturated rings. The normalized spacial score (nSPS) is 19.3. The third-order valence-electron chi connectivity index (χ3n) is 3.78. The van der Waals surface area contributed by atoms with Gasteiger partial charge in [0.05, 0.1) is 10.7 Å². The van der Waals surface area contributed by atoms with Crippen LogP contribution < -0.4 is 16.4 Å². The van der Waals surface area contributed by atoms with Crippen molar-refractivity contribution in [2.75, 3.05) is 36.8 Å². The first-order valence-corrected chi connectivity index (χ1v) is 7.56. The van der Waals surface area contributed by atoms with Gasteiger partial charge in [-0.2, -0.15) is 0 Å². The van der Waals surface area contributed by atoms with E-state index in [0.717, 1.165) is 37.6 Å². The van der Waals surface area contributed by atoms with E-state index < -0.39 is 5.91 Å². The molecule has 4 N–H and O–H groups in total. The maximum atomic E-state index is 11.2. The molecule has 0 spiro atoms. The molecule has 1 atom stereocenters. The first-order valence-electron chi connectivity index (χ1n) is 6.74. The summed E-state index contributed by atoms with van der Waals surface area (Å²) in [5, 5.41) is 1.06. The third kappa shape index (κ3) is 2.84. The summed E-state index contributed by atoms with van der Waals surface area (Å²) in [5.41, 5.74) is 11.6. The van der Waals surface area contributed by atoms with Gasteiger partial charge in [0.1, 0.15) is 4.88 Å². The molecule has 1 aromatic rings. The molecule has 1 aliphatic heterocycles. The molecule has 6 heteroatoms.